The minimum Gasteiger partial charge on any atom is -0.454 e. The van der Waals surface area contributed by atoms with Gasteiger partial charge in [0, 0.05) is 0 Å². The SMILES string of the molecule is CCC(OC(=O)c1ccc(F)cc1)c1ccccc1. The van der Waals surface area contributed by atoms with Gasteiger partial charge in [-0.2, -0.15) is 0 Å². The first kappa shape index (κ1) is 13.3. The van der Waals surface area contributed by atoms with E-state index in [0.29, 0.717) is 12.0 Å². The second-order valence-electron chi connectivity index (χ2n) is 4.22. The number of hydrogen-bond acceptors (Lipinski definition) is 2. The Morgan fingerprint density at radius 1 is 1.11 bits per heavy atom. The van der Waals surface area contributed by atoms with E-state index < -0.39 is 5.97 Å². The summed E-state index contributed by atoms with van der Waals surface area (Å²) in [5, 5.41) is 0. The van der Waals surface area contributed by atoms with Crippen molar-refractivity contribution in [3.63, 3.8) is 0 Å². The van der Waals surface area contributed by atoms with Gasteiger partial charge >= 0.3 is 5.97 Å². The minimum absolute atomic E-state index is 0.279. The molecule has 0 radical (unpaired) electrons. The zero-order valence-electron chi connectivity index (χ0n) is 10.7. The third-order valence-electron chi connectivity index (χ3n) is 2.87. The number of carbonyl (C=O) groups is 1. The topological polar surface area (TPSA) is 26.3 Å². The van der Waals surface area contributed by atoms with Gasteiger partial charge in [0.1, 0.15) is 11.9 Å². The predicted molar refractivity (Wildman–Crippen MR) is 71.3 cm³/mol. The highest BCUT2D eigenvalue weighted by molar-refractivity contribution is 5.89. The van der Waals surface area contributed by atoms with Gasteiger partial charge in [-0.15, -0.1) is 0 Å². The van der Waals surface area contributed by atoms with Gasteiger partial charge in [0.2, 0.25) is 0 Å². The molecule has 2 rings (SSSR count). The molecule has 2 nitrogen and oxygen atoms in total. The maximum atomic E-state index is 12.8. The molecular formula is C16H15FO2. The average molecular weight is 258 g/mol. The van der Waals surface area contributed by atoms with Crippen LogP contribution in [0.15, 0.2) is 54.6 Å². The highest BCUT2D eigenvalue weighted by Gasteiger charge is 2.15. The van der Waals surface area contributed by atoms with E-state index in [0.717, 1.165) is 5.56 Å². The Labute approximate surface area is 111 Å². The lowest BCUT2D eigenvalue weighted by Crippen LogP contribution is -2.11. The van der Waals surface area contributed by atoms with Crippen LogP contribution >= 0.6 is 0 Å². The van der Waals surface area contributed by atoms with Crippen LogP contribution in [0.2, 0.25) is 0 Å². The summed E-state index contributed by atoms with van der Waals surface area (Å²) in [6, 6.07) is 14.9. The second kappa shape index (κ2) is 6.14. The van der Waals surface area contributed by atoms with Gasteiger partial charge in [0.05, 0.1) is 5.56 Å². The summed E-state index contributed by atoms with van der Waals surface area (Å²) in [5.41, 5.74) is 1.32. The molecular weight excluding hydrogens is 243 g/mol. The molecule has 0 fully saturated rings. The number of hydrogen-bond donors (Lipinski definition) is 0. The van der Waals surface area contributed by atoms with Crippen molar-refractivity contribution < 1.29 is 13.9 Å². The third kappa shape index (κ3) is 3.41. The molecule has 0 aliphatic heterocycles. The monoisotopic (exact) mass is 258 g/mol. The van der Waals surface area contributed by atoms with E-state index in [1.54, 1.807) is 0 Å². The van der Waals surface area contributed by atoms with Crippen LogP contribution in [-0.2, 0) is 4.74 Å². The molecule has 0 amide bonds. The molecule has 19 heavy (non-hydrogen) atoms. The van der Waals surface area contributed by atoms with Crippen LogP contribution in [0.3, 0.4) is 0 Å². The van der Waals surface area contributed by atoms with Crippen LogP contribution in [0.5, 0.6) is 0 Å². The van der Waals surface area contributed by atoms with Gasteiger partial charge < -0.3 is 4.74 Å². The molecule has 0 saturated carbocycles. The predicted octanol–water partition coefficient (Wildman–Crippen LogP) is 4.13. The number of carbonyl (C=O) groups excluding carboxylic acids is 1. The van der Waals surface area contributed by atoms with Crippen LogP contribution in [0.25, 0.3) is 0 Å². The molecule has 98 valence electrons. The number of halogens is 1. The molecule has 0 aromatic heterocycles. The molecule has 1 unspecified atom stereocenters. The van der Waals surface area contributed by atoms with Crippen molar-refractivity contribution in [3.8, 4) is 0 Å². The number of benzene rings is 2. The fourth-order valence-electron chi connectivity index (χ4n) is 1.84. The van der Waals surface area contributed by atoms with E-state index in [9.17, 15) is 9.18 Å². The lowest BCUT2D eigenvalue weighted by atomic mass is 10.1. The molecule has 0 aliphatic rings. The van der Waals surface area contributed by atoms with Crippen molar-refractivity contribution in [1.29, 1.82) is 0 Å². The molecule has 0 heterocycles. The smallest absolute Gasteiger partial charge is 0.338 e. The van der Waals surface area contributed by atoms with E-state index in [1.807, 2.05) is 37.3 Å². The van der Waals surface area contributed by atoms with Gasteiger partial charge in [0.25, 0.3) is 0 Å². The Morgan fingerprint density at radius 2 is 1.74 bits per heavy atom. The zero-order valence-corrected chi connectivity index (χ0v) is 10.7. The van der Waals surface area contributed by atoms with Crippen molar-refractivity contribution in [2.24, 2.45) is 0 Å². The zero-order chi connectivity index (χ0) is 13.7. The minimum atomic E-state index is -0.435. The quantitative estimate of drug-likeness (QED) is 0.771. The molecule has 2 aromatic rings. The first-order valence-electron chi connectivity index (χ1n) is 6.22. The summed E-state index contributed by atoms with van der Waals surface area (Å²) in [6.45, 7) is 1.95. The Balaban J connectivity index is 2.10. The van der Waals surface area contributed by atoms with Crippen LogP contribution in [0.1, 0.15) is 35.4 Å². The van der Waals surface area contributed by atoms with Gasteiger partial charge in [-0.25, -0.2) is 9.18 Å². The Hall–Kier alpha value is -2.16. The highest BCUT2D eigenvalue weighted by Crippen LogP contribution is 2.22. The maximum Gasteiger partial charge on any atom is 0.338 e. The first-order chi connectivity index (χ1) is 9.20. The fourth-order valence-corrected chi connectivity index (χ4v) is 1.84. The summed E-state index contributed by atoms with van der Waals surface area (Å²) in [5.74, 6) is -0.803. The highest BCUT2D eigenvalue weighted by atomic mass is 19.1. The van der Waals surface area contributed by atoms with Crippen LogP contribution in [-0.4, -0.2) is 5.97 Å². The van der Waals surface area contributed by atoms with Gasteiger partial charge in [-0.3, -0.25) is 0 Å². The van der Waals surface area contributed by atoms with Crippen molar-refractivity contribution in [3.05, 3.63) is 71.5 Å². The summed E-state index contributed by atoms with van der Waals surface area (Å²) < 4.78 is 18.2. The van der Waals surface area contributed by atoms with Crippen molar-refractivity contribution in [2.75, 3.05) is 0 Å². The normalized spacial score (nSPS) is 11.9. The summed E-state index contributed by atoms with van der Waals surface area (Å²) in [6.07, 6.45) is 0.412. The van der Waals surface area contributed by atoms with Crippen LogP contribution in [0, 0.1) is 5.82 Å². The number of ether oxygens (including phenoxy) is 1. The van der Waals surface area contributed by atoms with E-state index in [-0.39, 0.29) is 11.9 Å². The molecule has 1 atom stereocenters. The second-order valence-corrected chi connectivity index (χ2v) is 4.22. The van der Waals surface area contributed by atoms with E-state index in [1.165, 1.54) is 24.3 Å². The average Bonchev–Trinajstić information content (AvgIpc) is 2.46. The molecule has 0 aliphatic carbocycles. The van der Waals surface area contributed by atoms with E-state index in [2.05, 4.69) is 0 Å². The van der Waals surface area contributed by atoms with E-state index in [4.69, 9.17) is 4.74 Å². The molecule has 0 spiro atoms. The number of rotatable bonds is 4. The summed E-state index contributed by atoms with van der Waals surface area (Å²) in [7, 11) is 0. The maximum absolute atomic E-state index is 12.8. The Morgan fingerprint density at radius 3 is 2.32 bits per heavy atom. The van der Waals surface area contributed by atoms with Crippen LogP contribution < -0.4 is 0 Å². The first-order valence-corrected chi connectivity index (χ1v) is 6.22. The molecule has 0 N–H and O–H groups in total. The standard InChI is InChI=1S/C16H15FO2/c1-2-15(12-6-4-3-5-7-12)19-16(18)13-8-10-14(17)11-9-13/h3-11,15H,2H2,1H3. The Kier molecular flexibility index (Phi) is 4.29. The Bertz CT molecular complexity index is 534. The lowest BCUT2D eigenvalue weighted by Gasteiger charge is -2.16. The van der Waals surface area contributed by atoms with Gasteiger partial charge in [-0.05, 0) is 36.2 Å². The fraction of sp³-hybridized carbons (Fsp3) is 0.188. The summed E-state index contributed by atoms with van der Waals surface area (Å²) >= 11 is 0. The molecule has 0 bridgehead atoms. The largest absolute Gasteiger partial charge is 0.454 e. The summed E-state index contributed by atoms with van der Waals surface area (Å²) in [4.78, 5) is 12.0. The van der Waals surface area contributed by atoms with Crippen molar-refractivity contribution in [1.82, 2.24) is 0 Å². The van der Waals surface area contributed by atoms with E-state index >= 15 is 0 Å². The molecule has 0 saturated heterocycles. The third-order valence-corrected chi connectivity index (χ3v) is 2.87. The van der Waals surface area contributed by atoms with Crippen LogP contribution in [0.4, 0.5) is 4.39 Å². The van der Waals surface area contributed by atoms with Gasteiger partial charge in [-0.1, -0.05) is 37.3 Å². The number of esters is 1. The molecule has 3 heteroatoms. The van der Waals surface area contributed by atoms with Gasteiger partial charge in [0.15, 0.2) is 0 Å². The lowest BCUT2D eigenvalue weighted by molar-refractivity contribution is 0.0288. The van der Waals surface area contributed by atoms with Crippen molar-refractivity contribution >= 4 is 5.97 Å². The van der Waals surface area contributed by atoms with Crippen molar-refractivity contribution in [2.45, 2.75) is 19.4 Å². The molecule has 2 aromatic carbocycles.